The summed E-state index contributed by atoms with van der Waals surface area (Å²) in [6.07, 6.45) is 2.90. The third-order valence-electron chi connectivity index (χ3n) is 5.70. The van der Waals surface area contributed by atoms with Crippen LogP contribution in [0.15, 0.2) is 11.1 Å². The van der Waals surface area contributed by atoms with Crippen LogP contribution in [-0.4, -0.2) is 37.0 Å². The first kappa shape index (κ1) is 18.0. The van der Waals surface area contributed by atoms with E-state index in [4.69, 9.17) is 0 Å². The number of allylic oxidation sites excluding steroid dienone is 2. The van der Waals surface area contributed by atoms with Crippen molar-refractivity contribution in [3.05, 3.63) is 11.1 Å². The van der Waals surface area contributed by atoms with Crippen molar-refractivity contribution < 1.29 is 19.6 Å². The number of hydrogen-bond acceptors (Lipinski definition) is 3. The average molecular weight is 322 g/mol. The molecule has 2 N–H and O–H groups in total. The molecular formula is C18H30N2O3. The molecule has 130 valence electrons. The summed E-state index contributed by atoms with van der Waals surface area (Å²) < 4.78 is 0. The van der Waals surface area contributed by atoms with Crippen LogP contribution in [0.1, 0.15) is 53.4 Å². The zero-order valence-corrected chi connectivity index (χ0v) is 14.8. The molecule has 5 heteroatoms. The first-order valence-corrected chi connectivity index (χ1v) is 8.80. The number of carbonyl (C=O) groups is 2. The van der Waals surface area contributed by atoms with Crippen LogP contribution >= 0.6 is 0 Å². The molecule has 23 heavy (non-hydrogen) atoms. The number of carboxylic acids is 1. The molecule has 5 nitrogen and oxygen atoms in total. The summed E-state index contributed by atoms with van der Waals surface area (Å²) >= 11 is 0. The molecule has 0 aromatic carbocycles. The number of quaternary nitrogens is 1. The number of nitrogens with one attached hydrogen (secondary N) is 2. The summed E-state index contributed by atoms with van der Waals surface area (Å²) in [5, 5.41) is 14.5. The molecule has 0 saturated carbocycles. The second-order valence-electron chi connectivity index (χ2n) is 7.60. The minimum absolute atomic E-state index is 0.107. The molecule has 2 aliphatic rings. The molecular weight excluding hydrogens is 292 g/mol. The molecule has 0 aromatic heterocycles. The lowest BCUT2D eigenvalue weighted by Gasteiger charge is -2.36. The third kappa shape index (κ3) is 4.34. The Morgan fingerprint density at radius 2 is 1.61 bits per heavy atom. The number of piperidine rings is 1. The van der Waals surface area contributed by atoms with Crippen LogP contribution in [0.5, 0.6) is 0 Å². The first-order chi connectivity index (χ1) is 10.8. The van der Waals surface area contributed by atoms with Gasteiger partial charge in [0.05, 0.1) is 19.1 Å². The van der Waals surface area contributed by atoms with Crippen molar-refractivity contribution in [3.8, 4) is 0 Å². The van der Waals surface area contributed by atoms with Gasteiger partial charge in [-0.3, -0.25) is 4.79 Å². The van der Waals surface area contributed by atoms with Crippen molar-refractivity contribution in [1.82, 2.24) is 5.32 Å². The number of carbonyl (C=O) groups excluding carboxylic acids is 2. The highest BCUT2D eigenvalue weighted by Gasteiger charge is 2.35. The standard InChI is InChI=1S/C18H30N2O3/c1-11(2)20-7-5-14(6-8-20)19-17(21)15-9-12(3)13(4)10-16(15)18(22)23/h11,14-16H,5-10H2,1-4H3,(H,19,21)(H,22,23)/t15-,16+/m1/s1. The van der Waals surface area contributed by atoms with Crippen LogP contribution in [0.3, 0.4) is 0 Å². The van der Waals surface area contributed by atoms with E-state index >= 15 is 0 Å². The quantitative estimate of drug-likeness (QED) is 0.696. The zero-order valence-electron chi connectivity index (χ0n) is 14.8. The predicted octanol–water partition coefficient (Wildman–Crippen LogP) is -0.329. The molecule has 1 aliphatic heterocycles. The first-order valence-electron chi connectivity index (χ1n) is 8.80. The molecule has 0 aromatic rings. The maximum absolute atomic E-state index is 12.6. The lowest BCUT2D eigenvalue weighted by molar-refractivity contribution is -0.926. The van der Waals surface area contributed by atoms with E-state index in [1.165, 1.54) is 0 Å². The van der Waals surface area contributed by atoms with E-state index in [1.807, 2.05) is 13.8 Å². The lowest BCUT2D eigenvalue weighted by atomic mass is 9.76. The Bertz CT molecular complexity index is 490. The van der Waals surface area contributed by atoms with Crippen LogP contribution in [-0.2, 0) is 9.59 Å². The molecule has 2 atom stereocenters. The monoisotopic (exact) mass is 322 g/mol. The second kappa shape index (κ2) is 7.47. The van der Waals surface area contributed by atoms with Crippen molar-refractivity contribution in [1.29, 1.82) is 0 Å². The van der Waals surface area contributed by atoms with E-state index < -0.39 is 17.8 Å². The van der Waals surface area contributed by atoms with Crippen LogP contribution in [0.25, 0.3) is 0 Å². The maximum Gasteiger partial charge on any atom is 0.224 e. The Hall–Kier alpha value is -1.36. The van der Waals surface area contributed by atoms with Crippen molar-refractivity contribution in [2.24, 2.45) is 11.8 Å². The van der Waals surface area contributed by atoms with Gasteiger partial charge in [0.1, 0.15) is 0 Å². The van der Waals surface area contributed by atoms with Gasteiger partial charge in [-0.05, 0) is 40.5 Å². The molecule has 2 rings (SSSR count). The highest BCUT2D eigenvalue weighted by Crippen LogP contribution is 2.34. The van der Waals surface area contributed by atoms with Gasteiger partial charge in [0.15, 0.2) is 0 Å². The van der Waals surface area contributed by atoms with E-state index in [-0.39, 0.29) is 11.9 Å². The molecule has 1 heterocycles. The summed E-state index contributed by atoms with van der Waals surface area (Å²) in [6.45, 7) is 10.5. The molecule has 0 spiro atoms. The Kier molecular flexibility index (Phi) is 5.84. The molecule has 0 radical (unpaired) electrons. The number of amides is 1. The fourth-order valence-corrected chi connectivity index (χ4v) is 3.83. The van der Waals surface area contributed by atoms with Gasteiger partial charge in [0.25, 0.3) is 0 Å². The Balaban J connectivity index is 1.96. The second-order valence-corrected chi connectivity index (χ2v) is 7.60. The molecule has 1 amide bonds. The summed E-state index contributed by atoms with van der Waals surface area (Å²) in [6, 6.07) is 0.794. The SMILES string of the molecule is CC1=C(C)C[C@@H](C(=O)NC2CC[NH+](C(C)C)CC2)[C@@H](C(=O)[O-])C1. The number of likely N-dealkylation sites (tertiary alicyclic amines) is 1. The van der Waals surface area contributed by atoms with Gasteiger partial charge < -0.3 is 20.1 Å². The molecule has 0 bridgehead atoms. The minimum atomic E-state index is -1.10. The fraction of sp³-hybridized carbons (Fsp3) is 0.778. The van der Waals surface area contributed by atoms with E-state index in [0.29, 0.717) is 18.9 Å². The van der Waals surface area contributed by atoms with Gasteiger partial charge in [-0.1, -0.05) is 11.1 Å². The van der Waals surface area contributed by atoms with E-state index in [1.54, 1.807) is 4.90 Å². The van der Waals surface area contributed by atoms with Crippen LogP contribution < -0.4 is 15.3 Å². The predicted molar refractivity (Wildman–Crippen MR) is 86.6 cm³/mol. The van der Waals surface area contributed by atoms with E-state index in [0.717, 1.165) is 37.1 Å². The maximum atomic E-state index is 12.6. The molecule has 0 unspecified atom stereocenters. The van der Waals surface area contributed by atoms with Crippen LogP contribution in [0.2, 0.25) is 0 Å². The Morgan fingerprint density at radius 1 is 1.09 bits per heavy atom. The third-order valence-corrected chi connectivity index (χ3v) is 5.70. The molecule has 1 saturated heterocycles. The van der Waals surface area contributed by atoms with Gasteiger partial charge in [0, 0.05) is 36.7 Å². The topological polar surface area (TPSA) is 73.7 Å². The lowest BCUT2D eigenvalue weighted by Crippen LogP contribution is -3.16. The summed E-state index contributed by atoms with van der Waals surface area (Å²) in [7, 11) is 0. The highest BCUT2D eigenvalue weighted by molar-refractivity contribution is 5.85. The average Bonchev–Trinajstić information content (AvgIpc) is 2.49. The largest absolute Gasteiger partial charge is 0.550 e. The van der Waals surface area contributed by atoms with Crippen LogP contribution in [0, 0.1) is 11.8 Å². The van der Waals surface area contributed by atoms with E-state index in [9.17, 15) is 14.7 Å². The van der Waals surface area contributed by atoms with Crippen molar-refractivity contribution in [2.75, 3.05) is 13.1 Å². The number of hydrogen-bond donors (Lipinski definition) is 2. The fourth-order valence-electron chi connectivity index (χ4n) is 3.83. The summed E-state index contributed by atoms with van der Waals surface area (Å²) in [4.78, 5) is 25.6. The number of aliphatic carboxylic acids is 1. The number of rotatable bonds is 4. The Labute approximate surface area is 139 Å². The number of carboxylic acid groups (broad SMARTS) is 1. The van der Waals surface area contributed by atoms with Crippen molar-refractivity contribution >= 4 is 11.9 Å². The van der Waals surface area contributed by atoms with Crippen molar-refractivity contribution in [3.63, 3.8) is 0 Å². The minimum Gasteiger partial charge on any atom is -0.550 e. The summed E-state index contributed by atoms with van der Waals surface area (Å²) in [5.74, 6) is -2.39. The molecule has 1 fully saturated rings. The smallest absolute Gasteiger partial charge is 0.224 e. The van der Waals surface area contributed by atoms with Gasteiger partial charge >= 0.3 is 0 Å². The molecule has 1 aliphatic carbocycles. The zero-order chi connectivity index (χ0) is 17.1. The Morgan fingerprint density at radius 3 is 2.09 bits per heavy atom. The summed E-state index contributed by atoms with van der Waals surface area (Å²) in [5.41, 5.74) is 2.22. The van der Waals surface area contributed by atoms with Gasteiger partial charge in [0.2, 0.25) is 5.91 Å². The van der Waals surface area contributed by atoms with Gasteiger partial charge in [-0.15, -0.1) is 0 Å². The normalized spacial score (nSPS) is 32.0. The highest BCUT2D eigenvalue weighted by atomic mass is 16.4. The van der Waals surface area contributed by atoms with Gasteiger partial charge in [-0.25, -0.2) is 0 Å². The van der Waals surface area contributed by atoms with Crippen molar-refractivity contribution in [2.45, 2.75) is 65.5 Å². The van der Waals surface area contributed by atoms with E-state index in [2.05, 4.69) is 19.2 Å². The van der Waals surface area contributed by atoms with Gasteiger partial charge in [-0.2, -0.15) is 0 Å². The van der Waals surface area contributed by atoms with Crippen LogP contribution in [0.4, 0.5) is 0 Å².